The number of hydrogen-bond donors (Lipinski definition) is 0. The molecule has 0 aliphatic carbocycles. The van der Waals surface area contributed by atoms with Gasteiger partial charge < -0.3 is 4.74 Å². The van der Waals surface area contributed by atoms with Crippen LogP contribution in [-0.2, 0) is 14.4 Å². The molecule has 0 radical (unpaired) electrons. The van der Waals surface area contributed by atoms with E-state index in [1.807, 2.05) is 12.0 Å². The Labute approximate surface area is 133 Å². The molecule has 0 spiro atoms. The minimum Gasteiger partial charge on any atom is -0.459 e. The van der Waals surface area contributed by atoms with Crippen molar-refractivity contribution in [3.63, 3.8) is 0 Å². The van der Waals surface area contributed by atoms with Crippen LogP contribution in [0.3, 0.4) is 0 Å². The van der Waals surface area contributed by atoms with E-state index < -0.39 is 0 Å². The molecule has 1 heterocycles. The third-order valence-electron chi connectivity index (χ3n) is 3.84. The molecular weight excluding hydrogens is 280 g/mol. The van der Waals surface area contributed by atoms with E-state index in [2.05, 4.69) is 40.3 Å². The first kappa shape index (κ1) is 18.7. The third-order valence-corrected chi connectivity index (χ3v) is 3.84. The number of ether oxygens (including phenoxy) is 1. The van der Waals surface area contributed by atoms with Gasteiger partial charge in [0.2, 0.25) is 0 Å². The van der Waals surface area contributed by atoms with Gasteiger partial charge in [0, 0.05) is 29.5 Å². The highest BCUT2D eigenvalue weighted by Crippen LogP contribution is 2.40. The Bertz CT molecular complexity index is 459. The number of nitrogens with zero attached hydrogens (tertiary/aromatic N) is 2. The van der Waals surface area contributed by atoms with Gasteiger partial charge in [-0.2, -0.15) is 10.3 Å². The summed E-state index contributed by atoms with van der Waals surface area (Å²) >= 11 is 0. The number of hydrogen-bond acceptors (Lipinski definition) is 5. The minimum absolute atomic E-state index is 0.166. The summed E-state index contributed by atoms with van der Waals surface area (Å²) in [4.78, 5) is 17.8. The van der Waals surface area contributed by atoms with Crippen LogP contribution in [0.15, 0.2) is 12.2 Å². The average Bonchev–Trinajstić information content (AvgIpc) is 2.33. The molecule has 22 heavy (non-hydrogen) atoms. The van der Waals surface area contributed by atoms with Crippen LogP contribution in [-0.4, -0.2) is 34.3 Å². The molecule has 0 aromatic heterocycles. The van der Waals surface area contributed by atoms with E-state index in [1.165, 1.54) is 0 Å². The van der Waals surface area contributed by atoms with Gasteiger partial charge in [0.05, 0.1) is 18.6 Å². The van der Waals surface area contributed by atoms with E-state index in [1.54, 1.807) is 6.92 Å². The van der Waals surface area contributed by atoms with E-state index >= 15 is 0 Å². The first-order chi connectivity index (χ1) is 9.99. The highest BCUT2D eigenvalue weighted by atomic mass is 16.7. The maximum atomic E-state index is 11.8. The van der Waals surface area contributed by atoms with Crippen LogP contribution in [0, 0.1) is 11.3 Å². The summed E-state index contributed by atoms with van der Waals surface area (Å²) in [6.45, 7) is 15.4. The van der Waals surface area contributed by atoms with Gasteiger partial charge in [-0.25, -0.2) is 4.79 Å². The molecule has 0 saturated carbocycles. The van der Waals surface area contributed by atoms with Gasteiger partial charge in [-0.15, -0.1) is 0 Å². The Hall–Kier alpha value is -1.38. The lowest BCUT2D eigenvalue weighted by atomic mass is 9.80. The number of piperidine rings is 1. The van der Waals surface area contributed by atoms with Crippen molar-refractivity contribution in [2.24, 2.45) is 0 Å². The number of hydroxylamine groups is 2. The maximum Gasteiger partial charge on any atom is 0.333 e. The lowest BCUT2D eigenvalue weighted by Crippen LogP contribution is -2.62. The Balaban J connectivity index is 2.86. The van der Waals surface area contributed by atoms with Crippen LogP contribution < -0.4 is 0 Å². The third kappa shape index (κ3) is 4.56. The summed E-state index contributed by atoms with van der Waals surface area (Å²) in [7, 11) is 0. The average molecular weight is 308 g/mol. The van der Waals surface area contributed by atoms with Crippen molar-refractivity contribution in [3.8, 4) is 6.07 Å². The Kier molecular flexibility index (Phi) is 5.77. The molecule has 0 aromatic rings. The fourth-order valence-electron chi connectivity index (χ4n) is 3.14. The minimum atomic E-state index is -0.344. The Morgan fingerprint density at radius 3 is 2.27 bits per heavy atom. The standard InChI is InChI=1S/C17H28N2O3/c1-12(2)15(20)21-14-10-16(4,5)19(17(6,7)11-14)22-13(3)8-9-18/h13-14H,1,8,10-11H2,2-7H3. The van der Waals surface area contributed by atoms with Crippen molar-refractivity contribution in [2.75, 3.05) is 0 Å². The molecule has 5 nitrogen and oxygen atoms in total. The molecule has 1 unspecified atom stereocenters. The van der Waals surface area contributed by atoms with Crippen LogP contribution in [0.25, 0.3) is 0 Å². The van der Waals surface area contributed by atoms with Gasteiger partial charge in [0.25, 0.3) is 0 Å². The van der Waals surface area contributed by atoms with Crippen molar-refractivity contribution >= 4 is 5.97 Å². The molecule has 0 N–H and O–H groups in total. The van der Waals surface area contributed by atoms with Crippen molar-refractivity contribution in [1.29, 1.82) is 5.26 Å². The molecule has 1 aliphatic heterocycles. The number of nitriles is 1. The molecule has 1 fully saturated rings. The summed E-state index contributed by atoms with van der Waals surface area (Å²) in [6, 6.07) is 2.13. The van der Waals surface area contributed by atoms with E-state index in [9.17, 15) is 4.79 Å². The highest BCUT2D eigenvalue weighted by Gasteiger charge is 2.48. The number of esters is 1. The fraction of sp³-hybridized carbons (Fsp3) is 0.765. The van der Waals surface area contributed by atoms with E-state index in [-0.39, 0.29) is 29.3 Å². The first-order valence-electron chi connectivity index (χ1n) is 7.70. The predicted molar refractivity (Wildman–Crippen MR) is 84.7 cm³/mol. The summed E-state index contributed by atoms with van der Waals surface area (Å²) in [5.74, 6) is -0.344. The number of carbonyl (C=O) groups is 1. The summed E-state index contributed by atoms with van der Waals surface area (Å²) < 4.78 is 5.55. The summed E-state index contributed by atoms with van der Waals surface area (Å²) in [6.07, 6.45) is 1.36. The van der Waals surface area contributed by atoms with Crippen LogP contribution in [0.2, 0.25) is 0 Å². The van der Waals surface area contributed by atoms with Crippen LogP contribution >= 0.6 is 0 Å². The van der Waals surface area contributed by atoms with Crippen LogP contribution in [0.1, 0.15) is 60.8 Å². The second kappa shape index (κ2) is 6.80. The normalized spacial score (nSPS) is 22.6. The lowest BCUT2D eigenvalue weighted by molar-refractivity contribution is -0.311. The molecule has 0 bridgehead atoms. The maximum absolute atomic E-state index is 11.8. The monoisotopic (exact) mass is 308 g/mol. The lowest BCUT2D eigenvalue weighted by Gasteiger charge is -2.53. The molecule has 0 aromatic carbocycles. The van der Waals surface area contributed by atoms with Gasteiger partial charge in [-0.3, -0.25) is 4.84 Å². The Morgan fingerprint density at radius 2 is 1.86 bits per heavy atom. The van der Waals surface area contributed by atoms with Crippen molar-refractivity contribution in [3.05, 3.63) is 12.2 Å². The summed E-state index contributed by atoms with van der Waals surface area (Å²) in [5.41, 5.74) is -0.186. The molecule has 124 valence electrons. The molecular formula is C17H28N2O3. The smallest absolute Gasteiger partial charge is 0.333 e. The summed E-state index contributed by atoms with van der Waals surface area (Å²) in [5, 5.41) is 10.8. The SMILES string of the molecule is C=C(C)C(=O)OC1CC(C)(C)N(OC(C)CC#N)C(C)(C)C1. The van der Waals surface area contributed by atoms with E-state index in [0.29, 0.717) is 24.8 Å². The van der Waals surface area contributed by atoms with Crippen molar-refractivity contribution in [2.45, 2.75) is 84.1 Å². The number of carbonyl (C=O) groups excluding carboxylic acids is 1. The molecule has 1 aliphatic rings. The van der Waals surface area contributed by atoms with Crippen molar-refractivity contribution in [1.82, 2.24) is 5.06 Å². The van der Waals surface area contributed by atoms with E-state index in [0.717, 1.165) is 0 Å². The molecule has 1 atom stereocenters. The largest absolute Gasteiger partial charge is 0.459 e. The zero-order chi connectivity index (χ0) is 17.1. The van der Waals surface area contributed by atoms with Crippen molar-refractivity contribution < 1.29 is 14.4 Å². The second-order valence-corrected chi connectivity index (χ2v) is 7.41. The van der Waals surface area contributed by atoms with E-state index in [4.69, 9.17) is 14.8 Å². The molecule has 5 heteroatoms. The van der Waals surface area contributed by atoms with Gasteiger partial charge in [-0.1, -0.05) is 6.58 Å². The van der Waals surface area contributed by atoms with Gasteiger partial charge in [0.1, 0.15) is 6.10 Å². The van der Waals surface area contributed by atoms with Gasteiger partial charge in [-0.05, 0) is 41.5 Å². The van der Waals surface area contributed by atoms with Crippen LogP contribution in [0.5, 0.6) is 0 Å². The first-order valence-corrected chi connectivity index (χ1v) is 7.70. The number of rotatable bonds is 5. The molecule has 0 amide bonds. The topological polar surface area (TPSA) is 62.6 Å². The highest BCUT2D eigenvalue weighted by molar-refractivity contribution is 5.87. The second-order valence-electron chi connectivity index (χ2n) is 7.41. The van der Waals surface area contributed by atoms with Gasteiger partial charge in [0.15, 0.2) is 0 Å². The quantitative estimate of drug-likeness (QED) is 0.575. The molecule has 1 saturated heterocycles. The fourth-order valence-corrected chi connectivity index (χ4v) is 3.14. The molecule has 1 rings (SSSR count). The Morgan fingerprint density at radius 1 is 1.36 bits per heavy atom. The van der Waals surface area contributed by atoms with Crippen LogP contribution in [0.4, 0.5) is 0 Å². The zero-order valence-electron chi connectivity index (χ0n) is 14.6. The van der Waals surface area contributed by atoms with Gasteiger partial charge >= 0.3 is 5.97 Å². The predicted octanol–water partition coefficient (Wildman–Crippen LogP) is 3.36. The zero-order valence-corrected chi connectivity index (χ0v) is 14.6.